The van der Waals surface area contributed by atoms with E-state index in [2.05, 4.69) is 361 Å². The third-order valence-electron chi connectivity index (χ3n) is 24.6. The maximum atomic E-state index is 5.18. The molecule has 21 aromatic rings. The molecule has 4 aliphatic rings. The maximum Gasteiger partial charge on any atom is 0.164 e. The van der Waals surface area contributed by atoms with Gasteiger partial charge in [-0.3, -0.25) is 0 Å². The second kappa shape index (κ2) is 27.9. The van der Waals surface area contributed by atoms with Crippen LogP contribution in [-0.2, 0) is 10.8 Å². The van der Waals surface area contributed by atoms with Crippen LogP contribution < -0.4 is 0 Å². The zero-order chi connectivity index (χ0) is 79.0. The van der Waals surface area contributed by atoms with Crippen LogP contribution in [0.3, 0.4) is 0 Å². The van der Waals surface area contributed by atoms with Crippen LogP contribution in [0, 0.1) is 0 Å². The Bertz CT molecular complexity index is 7680. The van der Waals surface area contributed by atoms with Crippen LogP contribution in [0.25, 0.3) is 157 Å². The smallest absolute Gasteiger partial charge is 0.164 e. The molecule has 2 spiro atoms. The lowest BCUT2D eigenvalue weighted by atomic mass is 9.62. The molecule has 0 fully saturated rings. The fourth-order valence-electron chi connectivity index (χ4n) is 19.5. The lowest BCUT2D eigenvalue weighted by Gasteiger charge is -2.45. The molecule has 0 radical (unpaired) electrons. The number of nitrogens with zero attached hydrogens (tertiary/aromatic N) is 8. The summed E-state index contributed by atoms with van der Waals surface area (Å²) >= 11 is 3.75. The van der Waals surface area contributed by atoms with Gasteiger partial charge in [-0.05, 0) is 126 Å². The van der Waals surface area contributed by atoms with E-state index >= 15 is 0 Å². The van der Waals surface area contributed by atoms with E-state index in [1.165, 1.54) is 136 Å². The molecule has 25 rings (SSSR count). The van der Waals surface area contributed by atoms with Crippen LogP contribution >= 0.6 is 23.5 Å². The number of hydrogen-bond acceptors (Lipinski definition) is 8. The molecule has 10 heteroatoms. The molecule has 0 N–H and O–H groups in total. The molecule has 0 aliphatic carbocycles. The van der Waals surface area contributed by atoms with Gasteiger partial charge in [0.2, 0.25) is 0 Å². The van der Waals surface area contributed by atoms with E-state index in [1.807, 2.05) is 84.2 Å². The van der Waals surface area contributed by atoms with Crippen molar-refractivity contribution in [3.05, 3.63) is 457 Å². The van der Waals surface area contributed by atoms with Gasteiger partial charge in [0.15, 0.2) is 34.9 Å². The predicted molar refractivity (Wildman–Crippen MR) is 489 cm³/mol. The maximum absolute atomic E-state index is 5.18. The van der Waals surface area contributed by atoms with Crippen LogP contribution in [0.4, 0.5) is 0 Å². The summed E-state index contributed by atoms with van der Waals surface area (Å²) < 4.78 is 5.00. The Balaban J connectivity index is 0.000000137. The minimum atomic E-state index is -0.560. The number of fused-ring (bicyclic) bond motifs is 22. The van der Waals surface area contributed by atoms with Crippen molar-refractivity contribution in [2.45, 2.75) is 30.4 Å². The topological polar surface area (TPSA) is 87.2 Å². The fourth-order valence-corrected chi connectivity index (χ4v) is 22.2. The van der Waals surface area contributed by atoms with Gasteiger partial charge in [-0.15, -0.1) is 0 Å². The van der Waals surface area contributed by atoms with Gasteiger partial charge in [-0.25, -0.2) is 29.9 Å². The zero-order valence-electron chi connectivity index (χ0n) is 64.7. The number of aromatic nitrogens is 8. The summed E-state index contributed by atoms with van der Waals surface area (Å²) in [5.41, 5.74) is 29.3. The molecule has 2 unspecified atom stereocenters. The highest BCUT2D eigenvalue weighted by molar-refractivity contribution is 8.00. The van der Waals surface area contributed by atoms with Gasteiger partial charge in [0, 0.05) is 74.5 Å². The van der Waals surface area contributed by atoms with Crippen molar-refractivity contribution in [2.24, 2.45) is 0 Å². The van der Waals surface area contributed by atoms with Gasteiger partial charge in [0.1, 0.15) is 0 Å². The average molecular weight is 1570 g/mol. The van der Waals surface area contributed by atoms with Crippen molar-refractivity contribution in [3.63, 3.8) is 0 Å². The van der Waals surface area contributed by atoms with Gasteiger partial charge in [0.25, 0.3) is 0 Å². The Morgan fingerprint density at radius 2 is 0.467 bits per heavy atom. The van der Waals surface area contributed by atoms with E-state index in [-0.39, 0.29) is 0 Å². The summed E-state index contributed by atoms with van der Waals surface area (Å²) in [6.07, 6.45) is 0. The van der Waals surface area contributed by atoms with Crippen LogP contribution in [0.5, 0.6) is 0 Å². The van der Waals surface area contributed by atoms with E-state index in [9.17, 15) is 0 Å². The highest BCUT2D eigenvalue weighted by Gasteiger charge is 2.52. The Morgan fingerprint density at radius 3 is 0.892 bits per heavy atom. The van der Waals surface area contributed by atoms with E-state index in [0.29, 0.717) is 34.9 Å². The largest absolute Gasteiger partial charge is 0.309 e. The number of para-hydroxylation sites is 6. The first-order valence-electron chi connectivity index (χ1n) is 40.6. The van der Waals surface area contributed by atoms with E-state index in [4.69, 9.17) is 29.9 Å². The van der Waals surface area contributed by atoms with Crippen molar-refractivity contribution >= 4 is 67.1 Å². The van der Waals surface area contributed by atoms with E-state index in [1.54, 1.807) is 0 Å². The minimum Gasteiger partial charge on any atom is -0.309 e. The summed E-state index contributed by atoms with van der Waals surface area (Å²) in [5.74, 6) is 3.86. The fraction of sp³-hybridized carbons (Fsp3) is 0.0182. The monoisotopic (exact) mass is 1560 g/mol. The quantitative estimate of drug-likeness (QED) is 0.141. The SMILES string of the molecule is c1ccc(-c2ccc(-c3nc(-c4ccccc4)nc(-c4cccc(-c5cccc6c5Sc5ccccc5C65c6ccccc6-n6c7ccccc7c7cccc5c76)c4)n3)cc2)cc1.c1ccc(-c2nc(-c3ccccc3)nc(-c3cccc(-c4cccc5c4Sc4ccccc4C54c5ccccc5-n5c6ccccc6c6cccc4c65)c3)n2)cc1. The normalized spacial score (nSPS) is 14.8. The third-order valence-corrected chi connectivity index (χ3v) is 27.1. The van der Waals surface area contributed by atoms with E-state index in [0.717, 1.165) is 50.1 Å². The molecule has 0 bridgehead atoms. The van der Waals surface area contributed by atoms with Crippen molar-refractivity contribution in [1.82, 2.24) is 39.0 Å². The molecular weight excluding hydrogens is 1500 g/mol. The zero-order valence-corrected chi connectivity index (χ0v) is 66.3. The minimum absolute atomic E-state index is 0.547. The molecule has 8 nitrogen and oxygen atoms in total. The Labute approximate surface area is 701 Å². The average Bonchev–Trinajstić information content (AvgIpc) is 1.36. The van der Waals surface area contributed by atoms with Gasteiger partial charge in [-0.1, -0.05) is 388 Å². The molecule has 560 valence electrons. The number of benzene rings is 17. The highest BCUT2D eigenvalue weighted by atomic mass is 32.2. The first-order chi connectivity index (χ1) is 59.5. The van der Waals surface area contributed by atoms with Crippen molar-refractivity contribution in [2.75, 3.05) is 0 Å². The number of hydrogen-bond donors (Lipinski definition) is 0. The summed E-state index contributed by atoms with van der Waals surface area (Å²) in [4.78, 5) is 35.5. The first-order valence-corrected chi connectivity index (χ1v) is 42.3. The Morgan fingerprint density at radius 1 is 0.192 bits per heavy atom. The van der Waals surface area contributed by atoms with E-state index < -0.39 is 10.8 Å². The van der Waals surface area contributed by atoms with Crippen LogP contribution in [0.1, 0.15) is 44.5 Å². The van der Waals surface area contributed by atoms with Crippen molar-refractivity contribution < 1.29 is 0 Å². The summed E-state index contributed by atoms with van der Waals surface area (Å²) in [7, 11) is 0. The molecular formula is C110H68N8S2. The second-order valence-corrected chi connectivity index (χ2v) is 33.1. The lowest BCUT2D eigenvalue weighted by molar-refractivity contribution is 0.690. The highest BCUT2D eigenvalue weighted by Crippen LogP contribution is 2.64. The van der Waals surface area contributed by atoms with Crippen molar-refractivity contribution in [3.8, 4) is 113 Å². The number of rotatable bonds is 9. The molecule has 0 amide bonds. The van der Waals surface area contributed by atoms with Gasteiger partial charge in [-0.2, -0.15) is 0 Å². The van der Waals surface area contributed by atoms with Crippen molar-refractivity contribution in [1.29, 1.82) is 0 Å². The Hall–Kier alpha value is -14.9. The molecule has 0 saturated carbocycles. The molecule has 2 atom stereocenters. The van der Waals surface area contributed by atoms with Crippen LogP contribution in [0.2, 0.25) is 0 Å². The van der Waals surface area contributed by atoms with Gasteiger partial charge in [0.05, 0.1) is 44.3 Å². The third kappa shape index (κ3) is 10.7. The standard InChI is InChI=1S/C58H36N4S.C52H32N4S/c1-3-16-37(17-4-1)38-32-34-40(35-33-38)56-59-55(39-18-5-2-6-19-39)60-57(61-56)42-21-13-20-41(36-42)43-23-14-28-49-54(43)63-52-31-12-9-26-47(52)58(49)46-25-8-11-30-51(46)62-50-29-10-7-22-44(50)45-24-15-27-48(58)53(45)62;1-3-16-33(17-4-1)49-53-50(34-18-5-2-6-19-34)55-51(54-49)36-21-13-20-35(32-36)37-23-14-28-43-48(37)57-46-31-12-9-26-41(46)52(43)40-25-8-11-30-45(40)56-44-29-10-7-22-38(44)39-24-15-27-42(52)47(39)56/h1-36H;1-32H. The predicted octanol–water partition coefficient (Wildman–Crippen LogP) is 27.3. The van der Waals surface area contributed by atoms with Gasteiger partial charge < -0.3 is 9.13 Å². The molecule has 0 saturated heterocycles. The van der Waals surface area contributed by atoms with Crippen LogP contribution in [-0.4, -0.2) is 39.0 Å². The van der Waals surface area contributed by atoms with Gasteiger partial charge >= 0.3 is 0 Å². The summed E-state index contributed by atoms with van der Waals surface area (Å²) in [6.45, 7) is 0. The summed E-state index contributed by atoms with van der Waals surface area (Å²) in [6, 6.07) is 148. The first kappa shape index (κ1) is 69.4. The molecule has 17 aromatic carbocycles. The summed E-state index contributed by atoms with van der Waals surface area (Å²) in [5, 5.41) is 5.10. The molecule has 4 aliphatic heterocycles. The van der Waals surface area contributed by atoms with Crippen LogP contribution in [0.15, 0.2) is 432 Å². The molecule has 120 heavy (non-hydrogen) atoms. The Kier molecular flexibility index (Phi) is 16.1. The second-order valence-electron chi connectivity index (χ2n) is 31.0. The lowest BCUT2D eigenvalue weighted by Crippen LogP contribution is -2.37. The molecule has 4 aromatic heterocycles. The molecule has 8 heterocycles.